The van der Waals surface area contributed by atoms with E-state index >= 15 is 0 Å². The van der Waals surface area contributed by atoms with Crippen LogP contribution in [0.1, 0.15) is 44.0 Å². The number of hydrogen-bond acceptors (Lipinski definition) is 8. The van der Waals surface area contributed by atoms with Crippen LogP contribution >= 0.6 is 11.6 Å². The van der Waals surface area contributed by atoms with Crippen molar-refractivity contribution in [3.63, 3.8) is 0 Å². The van der Waals surface area contributed by atoms with Crippen LogP contribution in [0.5, 0.6) is 0 Å². The summed E-state index contributed by atoms with van der Waals surface area (Å²) in [5.41, 5.74) is 0.381. The maximum absolute atomic E-state index is 12.4. The van der Waals surface area contributed by atoms with Crippen LogP contribution in [-0.4, -0.2) is 63.8 Å². The molecule has 1 aliphatic rings. The van der Waals surface area contributed by atoms with E-state index in [0.717, 1.165) is 12.8 Å². The van der Waals surface area contributed by atoms with E-state index in [0.29, 0.717) is 29.9 Å². The van der Waals surface area contributed by atoms with E-state index in [-0.39, 0.29) is 22.9 Å². The Balaban J connectivity index is 1.84. The lowest BCUT2D eigenvalue weighted by atomic mass is 10.1. The van der Waals surface area contributed by atoms with Gasteiger partial charge in [-0.15, -0.1) is 0 Å². The molecule has 9 nitrogen and oxygen atoms in total. The van der Waals surface area contributed by atoms with E-state index in [1.54, 1.807) is 4.90 Å². The number of methoxy groups -OCH3 is 1. The quantitative estimate of drug-likeness (QED) is 0.594. The maximum atomic E-state index is 12.4. The molecule has 0 unspecified atom stereocenters. The van der Waals surface area contributed by atoms with Crippen molar-refractivity contribution >= 4 is 40.5 Å². The summed E-state index contributed by atoms with van der Waals surface area (Å²) in [4.78, 5) is 38.9. The summed E-state index contributed by atoms with van der Waals surface area (Å²) in [7, 11) is 1.29. The Morgan fingerprint density at radius 3 is 2.72 bits per heavy atom. The van der Waals surface area contributed by atoms with E-state index in [1.807, 2.05) is 20.8 Å². The number of esters is 1. The molecule has 1 N–H and O–H groups in total. The van der Waals surface area contributed by atoms with Crippen LogP contribution in [0.25, 0.3) is 11.0 Å². The largest absolute Gasteiger partial charge is 0.465 e. The Kier molecular flexibility index (Phi) is 6.07. The zero-order chi connectivity index (χ0) is 21.2. The highest BCUT2D eigenvalue weighted by Gasteiger charge is 2.28. The predicted molar refractivity (Wildman–Crippen MR) is 108 cm³/mol. The summed E-state index contributed by atoms with van der Waals surface area (Å²) in [5.74, 6) is -0.114. The molecule has 3 rings (SSSR count). The number of aromatic nitrogens is 3. The van der Waals surface area contributed by atoms with Gasteiger partial charge in [-0.1, -0.05) is 11.6 Å². The number of pyridine rings is 1. The van der Waals surface area contributed by atoms with Gasteiger partial charge in [-0.05, 0) is 39.7 Å². The summed E-state index contributed by atoms with van der Waals surface area (Å²) in [6.45, 7) is 6.61. The van der Waals surface area contributed by atoms with Gasteiger partial charge in [0.25, 0.3) is 0 Å². The minimum atomic E-state index is -0.558. The number of nitrogens with zero attached hydrogens (tertiary/aromatic N) is 4. The Bertz CT molecular complexity index is 931. The van der Waals surface area contributed by atoms with E-state index in [9.17, 15) is 9.59 Å². The molecule has 1 aliphatic heterocycles. The molecule has 3 heterocycles. The standard InChI is InChI=1S/C19H24ClN5O4/c1-19(2,3)29-18(27)25-7-5-6-11(9-25)23-16-15-14(21-10-22-16)12(17(26)28-4)8-13(20)24-15/h8,10-11H,5-7,9H2,1-4H3,(H,21,22,23)/t11-/m0/s1. The average Bonchev–Trinajstić information content (AvgIpc) is 2.66. The summed E-state index contributed by atoms with van der Waals surface area (Å²) < 4.78 is 10.3. The number of nitrogens with one attached hydrogen (secondary N) is 1. The Labute approximate surface area is 173 Å². The summed E-state index contributed by atoms with van der Waals surface area (Å²) in [6.07, 6.45) is 2.67. The van der Waals surface area contributed by atoms with Crippen LogP contribution in [0.2, 0.25) is 5.15 Å². The molecule has 0 spiro atoms. The van der Waals surface area contributed by atoms with Crippen LogP contribution in [0, 0.1) is 0 Å². The maximum Gasteiger partial charge on any atom is 0.410 e. The van der Waals surface area contributed by atoms with Crippen LogP contribution in [0.15, 0.2) is 12.4 Å². The molecule has 2 aromatic heterocycles. The van der Waals surface area contributed by atoms with E-state index in [4.69, 9.17) is 21.1 Å². The lowest BCUT2D eigenvalue weighted by molar-refractivity contribution is 0.0206. The molecule has 2 aromatic rings. The van der Waals surface area contributed by atoms with Gasteiger partial charge in [0.1, 0.15) is 28.1 Å². The summed E-state index contributed by atoms with van der Waals surface area (Å²) in [5, 5.41) is 3.44. The number of piperidine rings is 1. The third-order valence-electron chi connectivity index (χ3n) is 4.38. The molecule has 0 aromatic carbocycles. The number of fused-ring (bicyclic) bond motifs is 1. The van der Waals surface area contributed by atoms with Crippen molar-refractivity contribution in [1.29, 1.82) is 0 Å². The molecule has 156 valence electrons. The van der Waals surface area contributed by atoms with Crippen LogP contribution in [0.4, 0.5) is 10.6 Å². The molecule has 0 bridgehead atoms. The normalized spacial score (nSPS) is 17.1. The molecule has 29 heavy (non-hydrogen) atoms. The smallest absolute Gasteiger partial charge is 0.410 e. The molecule has 1 atom stereocenters. The first-order valence-electron chi connectivity index (χ1n) is 9.32. The van der Waals surface area contributed by atoms with Crippen molar-refractivity contribution < 1.29 is 19.1 Å². The van der Waals surface area contributed by atoms with Crippen molar-refractivity contribution in [2.24, 2.45) is 0 Å². The first-order chi connectivity index (χ1) is 13.7. The molecule has 0 aliphatic carbocycles. The number of rotatable bonds is 3. The SMILES string of the molecule is COC(=O)c1cc(Cl)nc2c(N[C@H]3CCCN(C(=O)OC(C)(C)C)C3)ncnc12. The van der Waals surface area contributed by atoms with E-state index in [1.165, 1.54) is 19.5 Å². The minimum absolute atomic E-state index is 0.0586. The number of likely N-dealkylation sites (tertiary alicyclic amines) is 1. The van der Waals surface area contributed by atoms with Crippen LogP contribution in [0.3, 0.4) is 0 Å². The lowest BCUT2D eigenvalue weighted by Crippen LogP contribution is -2.47. The first kappa shape index (κ1) is 21.0. The van der Waals surface area contributed by atoms with E-state index < -0.39 is 11.6 Å². The van der Waals surface area contributed by atoms with Crippen LogP contribution in [-0.2, 0) is 9.47 Å². The second-order valence-corrected chi connectivity index (χ2v) is 8.20. The van der Waals surface area contributed by atoms with Gasteiger partial charge >= 0.3 is 12.1 Å². The van der Waals surface area contributed by atoms with Gasteiger partial charge in [-0.3, -0.25) is 0 Å². The average molecular weight is 422 g/mol. The lowest BCUT2D eigenvalue weighted by Gasteiger charge is -2.34. The molecule has 1 amide bonds. The number of amides is 1. The second kappa shape index (κ2) is 8.36. The highest BCUT2D eigenvalue weighted by molar-refractivity contribution is 6.30. The Hall–Kier alpha value is -2.68. The second-order valence-electron chi connectivity index (χ2n) is 7.81. The highest BCUT2D eigenvalue weighted by atomic mass is 35.5. The predicted octanol–water partition coefficient (Wildman–Crippen LogP) is 3.28. The fourth-order valence-corrected chi connectivity index (χ4v) is 3.35. The topological polar surface area (TPSA) is 107 Å². The molecular weight excluding hydrogens is 398 g/mol. The molecular formula is C19H24ClN5O4. The van der Waals surface area contributed by atoms with Gasteiger partial charge in [0, 0.05) is 19.1 Å². The molecule has 0 saturated carbocycles. The molecule has 10 heteroatoms. The number of anilines is 1. The van der Waals surface area contributed by atoms with Crippen LogP contribution < -0.4 is 5.32 Å². The van der Waals surface area contributed by atoms with Crippen molar-refractivity contribution in [2.45, 2.75) is 45.3 Å². The minimum Gasteiger partial charge on any atom is -0.465 e. The fourth-order valence-electron chi connectivity index (χ4n) is 3.16. The van der Waals surface area contributed by atoms with Gasteiger partial charge in [0.05, 0.1) is 12.7 Å². The van der Waals surface area contributed by atoms with Gasteiger partial charge in [0.2, 0.25) is 0 Å². The van der Waals surface area contributed by atoms with Crippen molar-refractivity contribution in [2.75, 3.05) is 25.5 Å². The zero-order valence-electron chi connectivity index (χ0n) is 16.9. The van der Waals surface area contributed by atoms with Gasteiger partial charge < -0.3 is 19.7 Å². The first-order valence-corrected chi connectivity index (χ1v) is 9.70. The van der Waals surface area contributed by atoms with Gasteiger partial charge in [-0.25, -0.2) is 24.5 Å². The molecule has 0 radical (unpaired) electrons. The Morgan fingerprint density at radius 2 is 2.03 bits per heavy atom. The zero-order valence-corrected chi connectivity index (χ0v) is 17.6. The highest BCUT2D eigenvalue weighted by Crippen LogP contribution is 2.26. The number of hydrogen-bond donors (Lipinski definition) is 1. The third kappa shape index (κ3) is 5.03. The van der Waals surface area contributed by atoms with E-state index in [2.05, 4.69) is 20.3 Å². The summed E-state index contributed by atoms with van der Waals surface area (Å²) >= 11 is 6.09. The third-order valence-corrected chi connectivity index (χ3v) is 4.57. The number of carbonyl (C=O) groups is 2. The molecule has 1 fully saturated rings. The van der Waals surface area contributed by atoms with Gasteiger partial charge in [0.15, 0.2) is 5.82 Å². The molecule has 1 saturated heterocycles. The number of ether oxygens (including phenoxy) is 2. The Morgan fingerprint density at radius 1 is 1.28 bits per heavy atom. The summed E-state index contributed by atoms with van der Waals surface area (Å²) in [6, 6.07) is 1.36. The van der Waals surface area contributed by atoms with Crippen molar-refractivity contribution in [1.82, 2.24) is 19.9 Å². The monoisotopic (exact) mass is 421 g/mol. The van der Waals surface area contributed by atoms with Gasteiger partial charge in [-0.2, -0.15) is 0 Å². The number of halogens is 1. The van der Waals surface area contributed by atoms with Crippen molar-refractivity contribution in [3.8, 4) is 0 Å². The fraction of sp³-hybridized carbons (Fsp3) is 0.526. The number of carbonyl (C=O) groups excluding carboxylic acids is 2. The van der Waals surface area contributed by atoms with Crippen molar-refractivity contribution in [3.05, 3.63) is 23.1 Å².